The van der Waals surface area contributed by atoms with Crippen molar-refractivity contribution in [2.45, 2.75) is 0 Å². The summed E-state index contributed by atoms with van der Waals surface area (Å²) in [6.07, 6.45) is 42.4. The van der Waals surface area contributed by atoms with E-state index in [9.17, 15) is 9.90 Å². The van der Waals surface area contributed by atoms with Gasteiger partial charge in [-0.1, -0.05) is 115 Å². The number of hydrogen-bond donors (Lipinski definition) is 1. The summed E-state index contributed by atoms with van der Waals surface area (Å²) in [5.74, 6) is -0.939. The number of rotatable bonds is 14. The van der Waals surface area contributed by atoms with Gasteiger partial charge in [0.2, 0.25) is 0 Å². The molecule has 6 aromatic rings. The number of carboxylic acids is 1. The van der Waals surface area contributed by atoms with Crippen LogP contribution in [0.4, 0.5) is 28.4 Å². The molecule has 6 aromatic carbocycles. The van der Waals surface area contributed by atoms with Gasteiger partial charge in [0, 0.05) is 135 Å². The van der Waals surface area contributed by atoms with E-state index in [-0.39, 0.29) is 5.56 Å². The lowest BCUT2D eigenvalue weighted by atomic mass is 9.94. The second-order valence-corrected chi connectivity index (χ2v) is 24.5. The maximum absolute atomic E-state index is 11.8. The van der Waals surface area contributed by atoms with Gasteiger partial charge in [0.05, 0.1) is 5.56 Å². The molecular weight excluding hydrogens is 1130 g/mol. The predicted molar refractivity (Wildman–Crippen MR) is 399 cm³/mol. The minimum atomic E-state index is -0.939. The second kappa shape index (κ2) is 31.2. The summed E-state index contributed by atoms with van der Waals surface area (Å²) in [5.41, 5.74) is 26.0. The van der Waals surface area contributed by atoms with Crippen LogP contribution in [0, 0.1) is 0 Å². The molecule has 0 saturated heterocycles. The predicted octanol–water partition coefficient (Wildman–Crippen LogP) is 15.4. The number of fused-ring (bicyclic) bond motifs is 3. The first kappa shape index (κ1) is 67.4. The van der Waals surface area contributed by atoms with Crippen LogP contribution in [0.3, 0.4) is 0 Å². The highest BCUT2D eigenvalue weighted by molar-refractivity contribution is 6.09. The summed E-state index contributed by atoms with van der Waals surface area (Å²) in [4.78, 5) is 22.4. The van der Waals surface area contributed by atoms with Crippen LogP contribution in [0.15, 0.2) is 260 Å². The van der Waals surface area contributed by atoms with Crippen LogP contribution in [0.5, 0.6) is 0 Å². The van der Waals surface area contributed by atoms with Gasteiger partial charge in [-0.05, 0) is 181 Å². The normalized spacial score (nSPS) is 13.8. The monoisotopic (exact) mass is 1220 g/mol. The molecule has 0 atom stereocenters. The van der Waals surface area contributed by atoms with Gasteiger partial charge in [-0.25, -0.2) is 18.5 Å². The average molecular weight is 1220 g/mol. The molecule has 0 unspecified atom stereocenters. The largest absolute Gasteiger partial charge is 0.478 e. The molecule has 0 amide bonds. The molecule has 92 heavy (non-hydrogen) atoms. The van der Waals surface area contributed by atoms with Crippen LogP contribution in [-0.4, -0.2) is 155 Å². The molecular formula is C82H91N8O2+3. The molecule has 10 heteroatoms. The molecule has 0 radical (unpaired) electrons. The fourth-order valence-corrected chi connectivity index (χ4v) is 10.5. The van der Waals surface area contributed by atoms with Gasteiger partial charge in [-0.3, -0.25) is 0 Å². The van der Waals surface area contributed by atoms with Crippen molar-refractivity contribution >= 4 is 80.4 Å². The third-order valence-electron chi connectivity index (χ3n) is 16.2. The van der Waals surface area contributed by atoms with E-state index in [0.29, 0.717) is 5.56 Å². The van der Waals surface area contributed by atoms with Crippen molar-refractivity contribution in [2.24, 2.45) is 0 Å². The maximum atomic E-state index is 11.8. The van der Waals surface area contributed by atoms with Crippen LogP contribution in [0.25, 0.3) is 40.0 Å². The van der Waals surface area contributed by atoms with Crippen molar-refractivity contribution in [1.29, 1.82) is 0 Å². The van der Waals surface area contributed by atoms with Crippen LogP contribution < -0.4 is 24.5 Å². The number of nitrogens with zero attached hydrogens (tertiary/aromatic N) is 8. The Morgan fingerprint density at radius 3 is 1.08 bits per heavy atom. The molecule has 4 aliphatic carbocycles. The van der Waals surface area contributed by atoms with Gasteiger partial charge >= 0.3 is 5.97 Å². The highest BCUT2D eigenvalue weighted by Gasteiger charge is 2.27. The Morgan fingerprint density at radius 1 is 0.370 bits per heavy atom. The summed E-state index contributed by atoms with van der Waals surface area (Å²) in [5, 5.41) is 9.68. The van der Waals surface area contributed by atoms with E-state index in [1.54, 1.807) is 12.1 Å². The van der Waals surface area contributed by atoms with Gasteiger partial charge < -0.3 is 29.6 Å². The molecule has 10 nitrogen and oxygen atoms in total. The lowest BCUT2D eigenvalue weighted by Crippen LogP contribution is -2.10. The van der Waals surface area contributed by atoms with E-state index in [1.807, 2.05) is 64.6 Å². The Labute approximate surface area is 548 Å². The second-order valence-electron chi connectivity index (χ2n) is 24.5. The number of carboxylic acid groups (broad SMARTS) is 1. The molecule has 468 valence electrons. The van der Waals surface area contributed by atoms with E-state index in [4.69, 9.17) is 0 Å². The number of allylic oxidation sites excluding steroid dienone is 23. The van der Waals surface area contributed by atoms with Gasteiger partial charge in [-0.15, -0.1) is 0 Å². The van der Waals surface area contributed by atoms with Crippen molar-refractivity contribution in [3.8, 4) is 11.1 Å². The summed E-state index contributed by atoms with van der Waals surface area (Å²) in [6, 6.07) is 46.2. The quantitative estimate of drug-likeness (QED) is 0.0860. The molecule has 0 bridgehead atoms. The summed E-state index contributed by atoms with van der Waals surface area (Å²) < 4.78 is 6.30. The lowest BCUT2D eigenvalue weighted by Gasteiger charge is -2.15. The first-order valence-corrected chi connectivity index (χ1v) is 31.0. The van der Waals surface area contributed by atoms with Crippen molar-refractivity contribution in [2.75, 3.05) is 137 Å². The van der Waals surface area contributed by atoms with Gasteiger partial charge in [0.15, 0.2) is 17.1 Å². The Hall–Kier alpha value is -10.6. The van der Waals surface area contributed by atoms with Crippen molar-refractivity contribution in [3.63, 3.8) is 0 Å². The molecule has 0 spiro atoms. The Balaban J connectivity index is 0.000000178. The third kappa shape index (κ3) is 17.6. The number of aromatic carboxylic acids is 1. The molecule has 4 aliphatic rings. The van der Waals surface area contributed by atoms with Crippen molar-refractivity contribution in [1.82, 2.24) is 0 Å². The fraction of sp³-hybridized carbons (Fsp3) is 0.195. The molecule has 0 fully saturated rings. The van der Waals surface area contributed by atoms with E-state index < -0.39 is 5.97 Å². The minimum absolute atomic E-state index is 0.280. The molecule has 0 aromatic heterocycles. The van der Waals surface area contributed by atoms with E-state index in [0.717, 1.165) is 28.1 Å². The third-order valence-corrected chi connectivity index (χ3v) is 16.2. The Kier molecular flexibility index (Phi) is 22.9. The van der Waals surface area contributed by atoms with Crippen LogP contribution in [0.1, 0.15) is 43.7 Å². The van der Waals surface area contributed by atoms with Crippen LogP contribution in [0.2, 0.25) is 0 Å². The highest BCUT2D eigenvalue weighted by Crippen LogP contribution is 2.48. The topological polar surface area (TPSA) is 62.5 Å². The number of anilines is 5. The van der Waals surface area contributed by atoms with Crippen molar-refractivity contribution < 1.29 is 23.6 Å². The molecule has 10 rings (SSSR count). The van der Waals surface area contributed by atoms with Crippen LogP contribution >= 0.6 is 0 Å². The smallest absolute Gasteiger partial charge is 0.336 e. The Bertz CT molecular complexity index is 4100. The number of benzene rings is 6. The number of hydrogen-bond acceptors (Lipinski definition) is 6. The first-order valence-electron chi connectivity index (χ1n) is 31.0. The van der Waals surface area contributed by atoms with E-state index in [1.165, 1.54) is 89.8 Å². The first-order chi connectivity index (χ1) is 44.0. The summed E-state index contributed by atoms with van der Waals surface area (Å²) in [7, 11) is 32.9. The average Bonchev–Trinajstić information content (AvgIpc) is 1.59. The standard InChI is InChI=1S/C29H34N3.C28H28N2O2.C25H28N3/c1-30(2)27-17-9-23(10-18-27)7-13-25(26-15-21-29(22-16-26)32(5)6)14-8-24-11-19-28(20-12-24)31(3)4;1-29(2)24-17-11-21(12-18-24)9-15-23(26-7-5-6-8-27(26)28(31)32)16-10-22-13-19-25(20-14-22)30(3)4;1-26(2)18-9-7-17(8-10-18)25-21-13-11-19(27(3)4)15-23(21)24-16-20(28(5)6)12-14-22(24)25/h7-22H,1-6H3;5-20H,1-4H3;7-16H,1-6H3/q+1;;+1/p+1. The number of carbonyl (C=O) groups is 1. The molecule has 1 N–H and O–H groups in total. The van der Waals surface area contributed by atoms with E-state index >= 15 is 0 Å². The molecule has 0 aliphatic heterocycles. The minimum Gasteiger partial charge on any atom is -0.478 e. The lowest BCUT2D eigenvalue weighted by molar-refractivity contribution is -0.462. The summed E-state index contributed by atoms with van der Waals surface area (Å²) in [6.45, 7) is 0. The SMILES string of the molecule is CN(C)c1ccc(/C=C/C(=C/C=C2C=CC(=[N+](C)C)C=C2)c2ccc(N(C)C)cc2)cc1.CN(C)c1ccc(/C=C/C(=C/C=C2C=CC(=[N+](C)C)C=C2)c2ccccc2C(=O)O)cc1.CN(C)c1ccc2c(c1)-c1cc(N(C)C)ccc1C2=C1C=CC(=[N+](C)C)C=C1. The van der Waals surface area contributed by atoms with Crippen LogP contribution in [-0.2, 0) is 0 Å². The molecule has 0 heterocycles. The maximum Gasteiger partial charge on any atom is 0.336 e. The van der Waals surface area contributed by atoms with Gasteiger partial charge in [-0.2, -0.15) is 0 Å². The fourth-order valence-electron chi connectivity index (χ4n) is 10.5. The van der Waals surface area contributed by atoms with Gasteiger partial charge in [0.25, 0.3) is 0 Å². The molecule has 0 saturated carbocycles. The summed E-state index contributed by atoms with van der Waals surface area (Å²) >= 11 is 0. The van der Waals surface area contributed by atoms with E-state index in [2.05, 4.69) is 329 Å². The zero-order valence-electron chi connectivity index (χ0n) is 56.7. The zero-order chi connectivity index (χ0) is 66.2. The highest BCUT2D eigenvalue weighted by atomic mass is 16.4. The van der Waals surface area contributed by atoms with Gasteiger partial charge in [0.1, 0.15) is 42.3 Å². The van der Waals surface area contributed by atoms with Crippen molar-refractivity contribution in [3.05, 3.63) is 298 Å². The Morgan fingerprint density at radius 2 is 0.707 bits per heavy atom. The zero-order valence-corrected chi connectivity index (χ0v) is 56.7.